The van der Waals surface area contributed by atoms with Gasteiger partial charge in [-0.1, -0.05) is 54.6 Å². The van der Waals surface area contributed by atoms with Gasteiger partial charge in [-0.15, -0.1) is 0 Å². The van der Waals surface area contributed by atoms with Crippen molar-refractivity contribution in [2.45, 2.75) is 31.3 Å². The van der Waals surface area contributed by atoms with E-state index in [1.807, 2.05) is 73.7 Å². The number of likely N-dealkylation sites (N-methyl/N-ethyl adjacent to an activating group) is 1. The van der Waals surface area contributed by atoms with Gasteiger partial charge in [0, 0.05) is 25.8 Å². The van der Waals surface area contributed by atoms with Crippen LogP contribution in [0.5, 0.6) is 17.2 Å². The number of hydrogen-bond donors (Lipinski definition) is 0. The standard InChI is InChI=1S/C30H34N2O6/c1-20-28(21-11-7-6-8-12-21)32(30(34)31(20)2)29(33)25(24-13-9-10-14-26(24)37-5)17-22-15-16-23(36-4)18-27(22)38-19-35-3/h6-16,18,20,25,28H,17,19H2,1-5H3/t20-,25+,28-/m1/s1. The number of carbonyl (C=O) groups is 2. The maximum Gasteiger partial charge on any atom is 0.327 e. The minimum Gasteiger partial charge on any atom is -0.497 e. The second kappa shape index (κ2) is 12.0. The smallest absolute Gasteiger partial charge is 0.327 e. The van der Waals surface area contributed by atoms with Crippen molar-refractivity contribution in [2.24, 2.45) is 0 Å². The van der Waals surface area contributed by atoms with Gasteiger partial charge in [-0.3, -0.25) is 9.69 Å². The zero-order valence-electron chi connectivity index (χ0n) is 22.4. The van der Waals surface area contributed by atoms with Crippen LogP contribution >= 0.6 is 0 Å². The molecule has 3 amide bonds. The first-order valence-electron chi connectivity index (χ1n) is 12.5. The predicted molar refractivity (Wildman–Crippen MR) is 144 cm³/mol. The van der Waals surface area contributed by atoms with Gasteiger partial charge >= 0.3 is 6.03 Å². The minimum atomic E-state index is -0.724. The summed E-state index contributed by atoms with van der Waals surface area (Å²) in [5.41, 5.74) is 2.37. The first-order chi connectivity index (χ1) is 18.4. The molecule has 0 N–H and O–H groups in total. The molecule has 0 aliphatic carbocycles. The summed E-state index contributed by atoms with van der Waals surface area (Å²) in [4.78, 5) is 31.0. The lowest BCUT2D eigenvalue weighted by Crippen LogP contribution is -2.40. The molecule has 0 bridgehead atoms. The fourth-order valence-corrected chi connectivity index (χ4v) is 4.96. The molecular weight excluding hydrogens is 484 g/mol. The molecule has 0 aromatic heterocycles. The van der Waals surface area contributed by atoms with Crippen LogP contribution in [0.3, 0.4) is 0 Å². The highest BCUT2D eigenvalue weighted by Crippen LogP contribution is 2.40. The number of nitrogens with zero attached hydrogens (tertiary/aromatic N) is 2. The van der Waals surface area contributed by atoms with Crippen LogP contribution in [0.1, 0.15) is 35.6 Å². The molecular formula is C30H34N2O6. The maximum atomic E-state index is 14.5. The largest absolute Gasteiger partial charge is 0.497 e. The zero-order chi connectivity index (χ0) is 27.2. The van der Waals surface area contributed by atoms with Gasteiger partial charge in [0.1, 0.15) is 17.2 Å². The zero-order valence-corrected chi connectivity index (χ0v) is 22.4. The van der Waals surface area contributed by atoms with Crippen LogP contribution in [0.25, 0.3) is 0 Å². The molecule has 0 saturated carbocycles. The van der Waals surface area contributed by atoms with E-state index in [-0.39, 0.29) is 31.2 Å². The molecule has 1 heterocycles. The highest BCUT2D eigenvalue weighted by Gasteiger charge is 2.47. The third kappa shape index (κ3) is 5.31. The van der Waals surface area contributed by atoms with Gasteiger partial charge in [-0.2, -0.15) is 0 Å². The van der Waals surface area contributed by atoms with Crippen LogP contribution in [-0.4, -0.2) is 62.9 Å². The number of methoxy groups -OCH3 is 3. The van der Waals surface area contributed by atoms with E-state index < -0.39 is 12.0 Å². The van der Waals surface area contributed by atoms with Crippen LogP contribution in [0, 0.1) is 0 Å². The summed E-state index contributed by atoms with van der Waals surface area (Å²) in [6, 6.07) is 21.6. The predicted octanol–water partition coefficient (Wildman–Crippen LogP) is 5.04. The summed E-state index contributed by atoms with van der Waals surface area (Å²) in [5.74, 6) is 0.700. The molecule has 0 radical (unpaired) electrons. The third-order valence-corrected chi connectivity index (χ3v) is 7.08. The molecule has 1 aliphatic heterocycles. The highest BCUT2D eigenvalue weighted by molar-refractivity contribution is 6.00. The van der Waals surface area contributed by atoms with E-state index in [1.165, 1.54) is 4.90 Å². The van der Waals surface area contributed by atoms with Gasteiger partial charge in [0.15, 0.2) is 6.79 Å². The molecule has 3 atom stereocenters. The first kappa shape index (κ1) is 27.0. The van der Waals surface area contributed by atoms with E-state index in [2.05, 4.69) is 0 Å². The van der Waals surface area contributed by atoms with Crippen molar-refractivity contribution in [1.82, 2.24) is 9.80 Å². The molecule has 0 spiro atoms. The van der Waals surface area contributed by atoms with Crippen molar-refractivity contribution in [3.8, 4) is 17.2 Å². The minimum absolute atomic E-state index is 0.0381. The topological polar surface area (TPSA) is 77.5 Å². The van der Waals surface area contributed by atoms with Crippen molar-refractivity contribution < 1.29 is 28.5 Å². The molecule has 8 heteroatoms. The lowest BCUT2D eigenvalue weighted by atomic mass is 9.88. The van der Waals surface area contributed by atoms with Gasteiger partial charge in [-0.05, 0) is 36.6 Å². The number of amides is 3. The van der Waals surface area contributed by atoms with Crippen molar-refractivity contribution >= 4 is 11.9 Å². The molecule has 8 nitrogen and oxygen atoms in total. The second-order valence-corrected chi connectivity index (χ2v) is 9.22. The van der Waals surface area contributed by atoms with Crippen LogP contribution in [0.15, 0.2) is 72.8 Å². The quantitative estimate of drug-likeness (QED) is 0.350. The Balaban J connectivity index is 1.81. The number of para-hydroxylation sites is 1. The van der Waals surface area contributed by atoms with Crippen molar-refractivity contribution in [2.75, 3.05) is 35.2 Å². The Bertz CT molecular complexity index is 1260. The Morgan fingerprint density at radius 3 is 2.32 bits per heavy atom. The van der Waals surface area contributed by atoms with Crippen LogP contribution in [-0.2, 0) is 16.0 Å². The molecule has 1 aliphatic rings. The Morgan fingerprint density at radius 1 is 0.921 bits per heavy atom. The SMILES string of the molecule is COCOc1cc(OC)ccc1C[C@H](C(=O)N1C(=O)N(C)[C@H](C)[C@@H]1c1ccccc1)c1ccccc1OC. The lowest BCUT2D eigenvalue weighted by molar-refractivity contribution is -0.131. The Hall–Kier alpha value is -4.04. The molecule has 3 aromatic carbocycles. The summed E-state index contributed by atoms with van der Waals surface area (Å²) in [6.45, 7) is 2.00. The van der Waals surface area contributed by atoms with E-state index in [0.717, 1.165) is 11.1 Å². The monoisotopic (exact) mass is 518 g/mol. The van der Waals surface area contributed by atoms with E-state index in [9.17, 15) is 9.59 Å². The van der Waals surface area contributed by atoms with Gasteiger partial charge in [0.25, 0.3) is 0 Å². The molecule has 3 aromatic rings. The molecule has 4 rings (SSSR count). The number of carbonyl (C=O) groups excluding carboxylic acids is 2. The number of urea groups is 1. The van der Waals surface area contributed by atoms with Gasteiger partial charge in [0.2, 0.25) is 5.91 Å². The average Bonchev–Trinajstić information content (AvgIpc) is 3.18. The number of hydrogen-bond acceptors (Lipinski definition) is 6. The third-order valence-electron chi connectivity index (χ3n) is 7.08. The van der Waals surface area contributed by atoms with Gasteiger partial charge in [-0.25, -0.2) is 4.79 Å². The van der Waals surface area contributed by atoms with E-state index >= 15 is 0 Å². The fraction of sp³-hybridized carbons (Fsp3) is 0.333. The number of rotatable bonds is 10. The first-order valence-corrected chi connectivity index (χ1v) is 12.5. The Labute approximate surface area is 223 Å². The molecule has 200 valence electrons. The van der Waals surface area contributed by atoms with E-state index in [0.29, 0.717) is 22.8 Å². The molecule has 38 heavy (non-hydrogen) atoms. The van der Waals surface area contributed by atoms with Crippen molar-refractivity contribution in [3.05, 3.63) is 89.5 Å². The second-order valence-electron chi connectivity index (χ2n) is 9.22. The normalized spacial score (nSPS) is 17.9. The van der Waals surface area contributed by atoms with Crippen LogP contribution in [0.4, 0.5) is 4.79 Å². The van der Waals surface area contributed by atoms with Crippen LogP contribution < -0.4 is 14.2 Å². The number of ether oxygens (including phenoxy) is 4. The van der Waals surface area contributed by atoms with E-state index in [1.54, 1.807) is 39.3 Å². The highest BCUT2D eigenvalue weighted by atomic mass is 16.7. The van der Waals surface area contributed by atoms with Gasteiger partial charge < -0.3 is 23.8 Å². The summed E-state index contributed by atoms with van der Waals surface area (Å²) in [7, 11) is 6.43. The van der Waals surface area contributed by atoms with Crippen molar-refractivity contribution in [1.29, 1.82) is 0 Å². The summed E-state index contributed by atoms with van der Waals surface area (Å²) >= 11 is 0. The maximum absolute atomic E-state index is 14.5. The van der Waals surface area contributed by atoms with E-state index in [4.69, 9.17) is 18.9 Å². The molecule has 0 unspecified atom stereocenters. The fourth-order valence-electron chi connectivity index (χ4n) is 4.96. The van der Waals surface area contributed by atoms with Crippen LogP contribution in [0.2, 0.25) is 0 Å². The summed E-state index contributed by atoms with van der Waals surface area (Å²) in [6.07, 6.45) is 0.269. The Kier molecular flexibility index (Phi) is 8.53. The summed E-state index contributed by atoms with van der Waals surface area (Å²) in [5, 5.41) is 0. The molecule has 1 saturated heterocycles. The van der Waals surface area contributed by atoms with Crippen molar-refractivity contribution in [3.63, 3.8) is 0 Å². The lowest BCUT2D eigenvalue weighted by Gasteiger charge is -2.29. The number of benzene rings is 3. The number of imide groups is 1. The van der Waals surface area contributed by atoms with Gasteiger partial charge in [0.05, 0.1) is 32.2 Å². The summed E-state index contributed by atoms with van der Waals surface area (Å²) < 4.78 is 22.0. The Morgan fingerprint density at radius 2 is 1.63 bits per heavy atom. The average molecular weight is 519 g/mol. The molecule has 1 fully saturated rings.